The summed E-state index contributed by atoms with van der Waals surface area (Å²) >= 11 is 3.33. The lowest BCUT2D eigenvalue weighted by Crippen LogP contribution is -2.14. The van der Waals surface area contributed by atoms with Gasteiger partial charge in [0, 0.05) is 10.0 Å². The summed E-state index contributed by atoms with van der Waals surface area (Å²) in [5, 5.41) is 0. The maximum atomic E-state index is 13.5. The first-order valence-electron chi connectivity index (χ1n) is 5.08. The van der Waals surface area contributed by atoms with Crippen LogP contribution in [0.25, 0.3) is 0 Å². The molecule has 0 saturated carbocycles. The average molecular weight is 270 g/mol. The topological polar surface area (TPSA) is 26.0 Å². The van der Waals surface area contributed by atoms with Crippen LogP contribution in [-0.4, -0.2) is 0 Å². The monoisotopic (exact) mass is 269 g/mol. The molecular weight excluding hydrogens is 257 g/mol. The van der Waals surface area contributed by atoms with Gasteiger partial charge in [-0.3, -0.25) is 0 Å². The number of hydrogen-bond acceptors (Lipinski definition) is 1. The minimum Gasteiger partial charge on any atom is -0.320 e. The molecule has 2 rings (SSSR count). The van der Waals surface area contributed by atoms with Crippen molar-refractivity contribution in [1.82, 2.24) is 0 Å². The highest BCUT2D eigenvalue weighted by atomic mass is 79.9. The molecule has 15 heavy (non-hydrogen) atoms. The molecule has 1 aromatic carbocycles. The van der Waals surface area contributed by atoms with E-state index in [0.717, 1.165) is 29.3 Å². The summed E-state index contributed by atoms with van der Waals surface area (Å²) in [5.74, 6) is -0.224. The van der Waals surface area contributed by atoms with E-state index in [0.29, 0.717) is 5.56 Å². The molecule has 0 amide bonds. The summed E-state index contributed by atoms with van der Waals surface area (Å²) in [6, 6.07) is 4.62. The van der Waals surface area contributed by atoms with E-state index in [4.69, 9.17) is 5.73 Å². The molecule has 0 spiro atoms. The summed E-state index contributed by atoms with van der Waals surface area (Å²) in [6.45, 7) is 0. The van der Waals surface area contributed by atoms with Gasteiger partial charge in [-0.15, -0.1) is 0 Å². The molecule has 2 N–H and O–H groups in total. The molecule has 0 radical (unpaired) electrons. The molecular formula is C12H13BrFN. The van der Waals surface area contributed by atoms with Gasteiger partial charge in [-0.05, 0) is 37.5 Å². The van der Waals surface area contributed by atoms with Gasteiger partial charge in [-0.2, -0.15) is 0 Å². The zero-order chi connectivity index (χ0) is 10.8. The van der Waals surface area contributed by atoms with Crippen LogP contribution < -0.4 is 5.73 Å². The van der Waals surface area contributed by atoms with E-state index < -0.39 is 0 Å². The Hall–Kier alpha value is -0.670. The summed E-state index contributed by atoms with van der Waals surface area (Å²) in [7, 11) is 0. The van der Waals surface area contributed by atoms with Gasteiger partial charge in [-0.25, -0.2) is 4.39 Å². The molecule has 1 atom stereocenters. The molecule has 0 heterocycles. The molecule has 0 aromatic heterocycles. The molecule has 1 nitrogen and oxygen atoms in total. The fraction of sp³-hybridized carbons (Fsp3) is 0.333. The second-order valence-corrected chi connectivity index (χ2v) is 4.73. The maximum absolute atomic E-state index is 13.5. The number of halogens is 2. The Bertz CT molecular complexity index is 401. The number of benzene rings is 1. The molecule has 0 fully saturated rings. The number of allylic oxidation sites excluding steroid dienone is 1. The maximum Gasteiger partial charge on any atom is 0.128 e. The largest absolute Gasteiger partial charge is 0.320 e. The summed E-state index contributed by atoms with van der Waals surface area (Å²) < 4.78 is 14.4. The molecule has 0 aliphatic heterocycles. The minimum absolute atomic E-state index is 0.224. The van der Waals surface area contributed by atoms with Crippen molar-refractivity contribution in [3.63, 3.8) is 0 Å². The lowest BCUT2D eigenvalue weighted by molar-refractivity contribution is 0.595. The van der Waals surface area contributed by atoms with Crippen LogP contribution >= 0.6 is 15.9 Å². The van der Waals surface area contributed by atoms with Gasteiger partial charge in [0.1, 0.15) is 5.82 Å². The standard InChI is InChI=1S/C12H13BrFN/c13-9-5-6-11(14)10(7-9)12(15)8-3-1-2-4-8/h3,5-7,12H,1-2,4,15H2. The number of hydrogen-bond donors (Lipinski definition) is 1. The normalized spacial score (nSPS) is 17.7. The molecule has 3 heteroatoms. The van der Waals surface area contributed by atoms with Crippen LogP contribution in [0.5, 0.6) is 0 Å². The van der Waals surface area contributed by atoms with E-state index in [1.807, 2.05) is 0 Å². The summed E-state index contributed by atoms with van der Waals surface area (Å²) in [6.07, 6.45) is 5.33. The highest BCUT2D eigenvalue weighted by Gasteiger charge is 2.18. The predicted molar refractivity (Wildman–Crippen MR) is 63.0 cm³/mol. The quantitative estimate of drug-likeness (QED) is 0.815. The van der Waals surface area contributed by atoms with Crippen LogP contribution in [0.3, 0.4) is 0 Å². The van der Waals surface area contributed by atoms with E-state index in [1.165, 1.54) is 6.07 Å². The third kappa shape index (κ3) is 2.29. The Morgan fingerprint density at radius 3 is 2.87 bits per heavy atom. The first-order valence-corrected chi connectivity index (χ1v) is 5.87. The number of rotatable bonds is 2. The highest BCUT2D eigenvalue weighted by Crippen LogP contribution is 2.31. The van der Waals surface area contributed by atoms with Crippen LogP contribution in [0.1, 0.15) is 30.9 Å². The Labute approximate surface area is 97.3 Å². The van der Waals surface area contributed by atoms with Gasteiger partial charge in [0.2, 0.25) is 0 Å². The Morgan fingerprint density at radius 2 is 2.20 bits per heavy atom. The molecule has 1 aliphatic rings. The average Bonchev–Trinajstić information content (AvgIpc) is 2.74. The molecule has 1 unspecified atom stereocenters. The van der Waals surface area contributed by atoms with E-state index >= 15 is 0 Å². The lowest BCUT2D eigenvalue weighted by atomic mass is 9.99. The first kappa shape index (κ1) is 10.8. The fourth-order valence-electron chi connectivity index (χ4n) is 1.93. The van der Waals surface area contributed by atoms with Crippen molar-refractivity contribution in [1.29, 1.82) is 0 Å². The third-order valence-electron chi connectivity index (χ3n) is 2.77. The van der Waals surface area contributed by atoms with Crippen molar-refractivity contribution in [2.45, 2.75) is 25.3 Å². The fourth-order valence-corrected chi connectivity index (χ4v) is 2.31. The van der Waals surface area contributed by atoms with Crippen LogP contribution in [0.4, 0.5) is 4.39 Å². The van der Waals surface area contributed by atoms with Crippen molar-refractivity contribution in [3.05, 3.63) is 45.7 Å². The lowest BCUT2D eigenvalue weighted by Gasteiger charge is -2.14. The first-order chi connectivity index (χ1) is 7.18. The zero-order valence-corrected chi connectivity index (χ0v) is 9.93. The van der Waals surface area contributed by atoms with Gasteiger partial charge in [0.15, 0.2) is 0 Å². The van der Waals surface area contributed by atoms with Crippen molar-refractivity contribution < 1.29 is 4.39 Å². The smallest absolute Gasteiger partial charge is 0.128 e. The summed E-state index contributed by atoms with van der Waals surface area (Å²) in [5.41, 5.74) is 7.78. The van der Waals surface area contributed by atoms with E-state index in [2.05, 4.69) is 22.0 Å². The molecule has 0 bridgehead atoms. The van der Waals surface area contributed by atoms with Crippen molar-refractivity contribution in [2.24, 2.45) is 5.73 Å². The predicted octanol–water partition coefficient (Wildman–Crippen LogP) is 3.70. The molecule has 80 valence electrons. The molecule has 0 saturated heterocycles. The Balaban J connectivity index is 2.31. The minimum atomic E-state index is -0.287. The molecule has 1 aliphatic carbocycles. The van der Waals surface area contributed by atoms with Crippen LogP contribution in [0.15, 0.2) is 34.3 Å². The van der Waals surface area contributed by atoms with E-state index in [-0.39, 0.29) is 11.9 Å². The molecule has 1 aromatic rings. The van der Waals surface area contributed by atoms with Crippen molar-refractivity contribution in [3.8, 4) is 0 Å². The van der Waals surface area contributed by atoms with Gasteiger partial charge in [0.05, 0.1) is 6.04 Å². The second kappa shape index (κ2) is 4.45. The SMILES string of the molecule is NC(C1=CCCC1)c1cc(Br)ccc1F. The van der Waals surface area contributed by atoms with E-state index in [9.17, 15) is 4.39 Å². The zero-order valence-electron chi connectivity index (χ0n) is 8.34. The van der Waals surface area contributed by atoms with Gasteiger partial charge < -0.3 is 5.73 Å². The van der Waals surface area contributed by atoms with Crippen LogP contribution in [-0.2, 0) is 0 Å². The van der Waals surface area contributed by atoms with E-state index in [1.54, 1.807) is 12.1 Å². The Kier molecular flexibility index (Phi) is 3.22. The second-order valence-electron chi connectivity index (χ2n) is 3.81. The van der Waals surface area contributed by atoms with Gasteiger partial charge in [-0.1, -0.05) is 27.6 Å². The van der Waals surface area contributed by atoms with Crippen LogP contribution in [0, 0.1) is 5.82 Å². The van der Waals surface area contributed by atoms with Crippen molar-refractivity contribution >= 4 is 15.9 Å². The van der Waals surface area contributed by atoms with Gasteiger partial charge in [0.25, 0.3) is 0 Å². The summed E-state index contributed by atoms with van der Waals surface area (Å²) in [4.78, 5) is 0. The number of nitrogens with two attached hydrogens (primary N) is 1. The Morgan fingerprint density at radius 1 is 1.40 bits per heavy atom. The third-order valence-corrected chi connectivity index (χ3v) is 3.26. The highest BCUT2D eigenvalue weighted by molar-refractivity contribution is 9.10. The van der Waals surface area contributed by atoms with Crippen molar-refractivity contribution in [2.75, 3.05) is 0 Å². The van der Waals surface area contributed by atoms with Crippen LogP contribution in [0.2, 0.25) is 0 Å². The van der Waals surface area contributed by atoms with Gasteiger partial charge >= 0.3 is 0 Å².